The molecule has 0 spiro atoms. The van der Waals surface area contributed by atoms with E-state index in [2.05, 4.69) is 5.32 Å². The first-order valence-electron chi connectivity index (χ1n) is 6.67. The summed E-state index contributed by atoms with van der Waals surface area (Å²) in [7, 11) is 0. The van der Waals surface area contributed by atoms with Gasteiger partial charge in [-0.05, 0) is 25.7 Å². The van der Waals surface area contributed by atoms with Crippen LogP contribution >= 0.6 is 0 Å². The molecule has 0 bridgehead atoms. The zero-order valence-corrected chi connectivity index (χ0v) is 10.6. The molecule has 3 N–H and O–H groups in total. The third kappa shape index (κ3) is 2.66. The van der Waals surface area contributed by atoms with E-state index in [1.54, 1.807) is 0 Å². The van der Waals surface area contributed by atoms with Crippen LogP contribution in [0.15, 0.2) is 0 Å². The monoisotopic (exact) mass is 255 g/mol. The fraction of sp³-hybridized carbons (Fsp3) is 0.846. The second-order valence-corrected chi connectivity index (χ2v) is 5.81. The van der Waals surface area contributed by atoms with E-state index in [4.69, 9.17) is 5.11 Å². The highest BCUT2D eigenvalue weighted by molar-refractivity contribution is 5.85. The maximum atomic E-state index is 11.9. The van der Waals surface area contributed by atoms with Gasteiger partial charge in [0.25, 0.3) is 0 Å². The van der Waals surface area contributed by atoms with Gasteiger partial charge in [0.1, 0.15) is 0 Å². The van der Waals surface area contributed by atoms with Gasteiger partial charge in [0.15, 0.2) is 0 Å². The number of carboxylic acid groups (broad SMARTS) is 1. The van der Waals surface area contributed by atoms with Gasteiger partial charge >= 0.3 is 5.97 Å². The Labute approximate surface area is 107 Å². The van der Waals surface area contributed by atoms with Gasteiger partial charge in [-0.3, -0.25) is 9.59 Å². The van der Waals surface area contributed by atoms with Crippen LogP contribution < -0.4 is 5.32 Å². The summed E-state index contributed by atoms with van der Waals surface area (Å²) in [4.78, 5) is 23.4. The van der Waals surface area contributed by atoms with Crippen LogP contribution in [0, 0.1) is 5.41 Å². The Balaban J connectivity index is 1.96. The number of aliphatic hydroxyl groups excluding tert-OH is 1. The van der Waals surface area contributed by atoms with Crippen molar-refractivity contribution >= 4 is 11.9 Å². The number of hydrogen-bond donors (Lipinski definition) is 3. The Morgan fingerprint density at radius 2 is 1.67 bits per heavy atom. The molecule has 102 valence electrons. The number of carbonyl (C=O) groups excluding carboxylic acids is 1. The minimum atomic E-state index is -0.881. The van der Waals surface area contributed by atoms with Crippen LogP contribution in [0.1, 0.15) is 51.4 Å². The van der Waals surface area contributed by atoms with Crippen molar-refractivity contribution in [3.63, 3.8) is 0 Å². The molecule has 0 radical (unpaired) electrons. The summed E-state index contributed by atoms with van der Waals surface area (Å²) < 4.78 is 0. The van der Waals surface area contributed by atoms with Crippen LogP contribution in [-0.4, -0.2) is 34.2 Å². The van der Waals surface area contributed by atoms with Gasteiger partial charge in [-0.25, -0.2) is 0 Å². The van der Waals surface area contributed by atoms with Crippen LogP contribution in [-0.2, 0) is 9.59 Å². The number of hydrogen-bond acceptors (Lipinski definition) is 3. The maximum Gasteiger partial charge on any atom is 0.310 e. The largest absolute Gasteiger partial charge is 0.481 e. The second-order valence-electron chi connectivity index (χ2n) is 5.81. The molecule has 5 heteroatoms. The van der Waals surface area contributed by atoms with Gasteiger partial charge in [0, 0.05) is 6.42 Å². The fourth-order valence-electron chi connectivity index (χ4n) is 2.82. The SMILES string of the molecule is O=C(CC1(C(=O)O)CCCCC1)NC1(CO)CC1. The second kappa shape index (κ2) is 4.88. The van der Waals surface area contributed by atoms with Crippen molar-refractivity contribution in [1.82, 2.24) is 5.32 Å². The van der Waals surface area contributed by atoms with Gasteiger partial charge in [0.2, 0.25) is 5.91 Å². The van der Waals surface area contributed by atoms with Crippen LogP contribution in [0.3, 0.4) is 0 Å². The van der Waals surface area contributed by atoms with E-state index in [-0.39, 0.29) is 18.9 Å². The molecule has 0 heterocycles. The predicted octanol–water partition coefficient (Wildman–Crippen LogP) is 1.05. The van der Waals surface area contributed by atoms with Crippen molar-refractivity contribution in [1.29, 1.82) is 0 Å². The lowest BCUT2D eigenvalue weighted by molar-refractivity contribution is -0.154. The average Bonchev–Trinajstić information content (AvgIpc) is 3.10. The first-order valence-corrected chi connectivity index (χ1v) is 6.67. The molecule has 5 nitrogen and oxygen atoms in total. The van der Waals surface area contributed by atoms with Crippen molar-refractivity contribution in [3.05, 3.63) is 0 Å². The van der Waals surface area contributed by atoms with Crippen LogP contribution in [0.4, 0.5) is 0 Å². The number of aliphatic carboxylic acids is 1. The van der Waals surface area contributed by atoms with Crippen molar-refractivity contribution in [2.75, 3.05) is 6.61 Å². The lowest BCUT2D eigenvalue weighted by Gasteiger charge is -2.33. The standard InChI is InChI=1S/C13H21NO4/c15-9-13(6-7-13)14-10(16)8-12(11(17)18)4-2-1-3-5-12/h15H,1-9H2,(H,14,16)(H,17,18). The van der Waals surface area contributed by atoms with Crippen LogP contribution in [0.25, 0.3) is 0 Å². The smallest absolute Gasteiger partial charge is 0.310 e. The first-order chi connectivity index (χ1) is 8.52. The molecule has 2 aliphatic carbocycles. The van der Waals surface area contributed by atoms with Crippen molar-refractivity contribution in [2.45, 2.75) is 56.9 Å². The first kappa shape index (κ1) is 13.3. The molecule has 0 unspecified atom stereocenters. The van der Waals surface area contributed by atoms with E-state index in [1.807, 2.05) is 0 Å². The third-order valence-corrected chi connectivity index (χ3v) is 4.32. The van der Waals surface area contributed by atoms with Crippen molar-refractivity contribution in [3.8, 4) is 0 Å². The van der Waals surface area contributed by atoms with Crippen molar-refractivity contribution < 1.29 is 19.8 Å². The lowest BCUT2D eigenvalue weighted by atomic mass is 9.71. The number of nitrogens with one attached hydrogen (secondary N) is 1. The Kier molecular flexibility index (Phi) is 3.61. The molecule has 0 saturated heterocycles. The molecule has 1 amide bonds. The Hall–Kier alpha value is -1.10. The van der Waals surface area contributed by atoms with Gasteiger partial charge < -0.3 is 15.5 Å². The van der Waals surface area contributed by atoms with E-state index >= 15 is 0 Å². The zero-order valence-electron chi connectivity index (χ0n) is 10.6. The van der Waals surface area contributed by atoms with E-state index in [0.29, 0.717) is 12.8 Å². The predicted molar refractivity (Wildman–Crippen MR) is 65.0 cm³/mol. The molecule has 0 aliphatic heterocycles. The van der Waals surface area contributed by atoms with E-state index in [1.165, 1.54) is 0 Å². The molecular formula is C13H21NO4. The normalized spacial score (nSPS) is 24.3. The average molecular weight is 255 g/mol. The highest BCUT2D eigenvalue weighted by atomic mass is 16.4. The molecule has 2 aliphatic rings. The van der Waals surface area contributed by atoms with Crippen LogP contribution in [0.5, 0.6) is 0 Å². The molecule has 2 saturated carbocycles. The zero-order chi connectivity index (χ0) is 13.2. The Bertz CT molecular complexity index is 343. The van der Waals surface area contributed by atoms with E-state index in [0.717, 1.165) is 32.1 Å². The van der Waals surface area contributed by atoms with Crippen molar-refractivity contribution in [2.24, 2.45) is 5.41 Å². The van der Waals surface area contributed by atoms with E-state index in [9.17, 15) is 14.7 Å². The maximum absolute atomic E-state index is 11.9. The van der Waals surface area contributed by atoms with Gasteiger partial charge in [-0.15, -0.1) is 0 Å². The molecule has 2 fully saturated rings. The van der Waals surface area contributed by atoms with Crippen LogP contribution in [0.2, 0.25) is 0 Å². The lowest BCUT2D eigenvalue weighted by Crippen LogP contribution is -2.44. The molecular weight excluding hydrogens is 234 g/mol. The highest BCUT2D eigenvalue weighted by Gasteiger charge is 2.46. The fourth-order valence-corrected chi connectivity index (χ4v) is 2.82. The molecule has 0 aromatic carbocycles. The molecule has 0 aromatic rings. The molecule has 0 aromatic heterocycles. The minimum absolute atomic E-state index is 0.0457. The van der Waals surface area contributed by atoms with Gasteiger partial charge in [-0.2, -0.15) is 0 Å². The summed E-state index contributed by atoms with van der Waals surface area (Å²) in [5, 5.41) is 21.3. The topological polar surface area (TPSA) is 86.6 Å². The van der Waals surface area contributed by atoms with Gasteiger partial charge in [-0.1, -0.05) is 19.3 Å². The summed E-state index contributed by atoms with van der Waals surface area (Å²) in [6, 6.07) is 0. The minimum Gasteiger partial charge on any atom is -0.481 e. The highest BCUT2D eigenvalue weighted by Crippen LogP contribution is 2.41. The third-order valence-electron chi connectivity index (χ3n) is 4.32. The Morgan fingerprint density at radius 1 is 1.06 bits per heavy atom. The number of amides is 1. The summed E-state index contributed by atoms with van der Waals surface area (Å²) in [6.07, 6.45) is 5.60. The van der Waals surface area contributed by atoms with Gasteiger partial charge in [0.05, 0.1) is 17.6 Å². The Morgan fingerprint density at radius 3 is 2.11 bits per heavy atom. The number of carbonyl (C=O) groups is 2. The number of aliphatic hydroxyl groups is 1. The summed E-state index contributed by atoms with van der Waals surface area (Å²) in [6.45, 7) is -0.0567. The summed E-state index contributed by atoms with van der Waals surface area (Å²) >= 11 is 0. The quantitative estimate of drug-likeness (QED) is 0.685. The number of carboxylic acids is 1. The molecule has 0 atom stereocenters. The molecule has 2 rings (SSSR count). The van der Waals surface area contributed by atoms with E-state index < -0.39 is 16.9 Å². The summed E-state index contributed by atoms with van der Waals surface area (Å²) in [5.41, 5.74) is -1.33. The molecule has 18 heavy (non-hydrogen) atoms. The number of rotatable bonds is 5. The summed E-state index contributed by atoms with van der Waals surface area (Å²) in [5.74, 6) is -1.09.